The summed E-state index contributed by atoms with van der Waals surface area (Å²) in [5.74, 6) is 2.45. The number of esters is 1. The van der Waals surface area contributed by atoms with Crippen molar-refractivity contribution in [3.8, 4) is 23.0 Å². The van der Waals surface area contributed by atoms with E-state index in [2.05, 4.69) is 23.6 Å². The summed E-state index contributed by atoms with van der Waals surface area (Å²) < 4.78 is 27.4. The summed E-state index contributed by atoms with van der Waals surface area (Å²) in [6.07, 6.45) is 0. The van der Waals surface area contributed by atoms with Crippen molar-refractivity contribution < 1.29 is 28.5 Å². The van der Waals surface area contributed by atoms with Gasteiger partial charge in [0.1, 0.15) is 23.0 Å². The normalized spacial score (nSPS) is 11.0. The van der Waals surface area contributed by atoms with Gasteiger partial charge in [0.2, 0.25) is 0 Å². The number of hydrogen-bond acceptors (Lipinski definition) is 8. The molecule has 0 aliphatic carbocycles. The first-order chi connectivity index (χ1) is 16.8. The Bertz CT molecular complexity index is 928. The van der Waals surface area contributed by atoms with Crippen LogP contribution in [0.2, 0.25) is 0 Å². The fraction of sp³-hybridized carbons (Fsp3) is 0.519. The Hall–Kier alpha value is -2.97. The maximum Gasteiger partial charge on any atom is 0.338 e. The molecule has 0 fully saturated rings. The summed E-state index contributed by atoms with van der Waals surface area (Å²) in [5, 5.41) is 0. The Balaban J connectivity index is 2.19. The molecule has 0 amide bonds. The number of carbonyl (C=O) groups is 1. The van der Waals surface area contributed by atoms with E-state index in [-0.39, 0.29) is 0 Å². The molecule has 0 heterocycles. The second-order valence-corrected chi connectivity index (χ2v) is 8.24. The summed E-state index contributed by atoms with van der Waals surface area (Å²) in [6.45, 7) is 11.1. The molecule has 2 rings (SSSR count). The van der Waals surface area contributed by atoms with E-state index in [1.165, 1.54) is 7.11 Å². The van der Waals surface area contributed by atoms with Crippen LogP contribution in [0, 0.1) is 6.92 Å². The smallest absolute Gasteiger partial charge is 0.338 e. The SMILES string of the molecule is CCN(CCN(CC)Cc1c(OC)cc(C(=O)OC)cc1OC)Cc1c(OC)cc(C)cc1OC. The first-order valence-electron chi connectivity index (χ1n) is 11.8. The van der Waals surface area contributed by atoms with E-state index < -0.39 is 5.97 Å². The molecule has 194 valence electrons. The van der Waals surface area contributed by atoms with Crippen molar-refractivity contribution in [2.45, 2.75) is 33.9 Å². The molecule has 0 radical (unpaired) electrons. The van der Waals surface area contributed by atoms with Crippen LogP contribution < -0.4 is 18.9 Å². The van der Waals surface area contributed by atoms with Gasteiger partial charge in [-0.15, -0.1) is 0 Å². The minimum absolute atomic E-state index is 0.395. The maximum atomic E-state index is 12.0. The van der Waals surface area contributed by atoms with Crippen molar-refractivity contribution in [3.63, 3.8) is 0 Å². The van der Waals surface area contributed by atoms with Crippen LogP contribution in [-0.4, -0.2) is 77.5 Å². The molecule has 0 atom stereocenters. The molecular formula is C27H40N2O6. The van der Waals surface area contributed by atoms with E-state index in [0.29, 0.717) is 23.6 Å². The van der Waals surface area contributed by atoms with Gasteiger partial charge in [0.15, 0.2) is 0 Å². The van der Waals surface area contributed by atoms with Crippen LogP contribution in [0.4, 0.5) is 0 Å². The Morgan fingerprint density at radius 2 is 1.06 bits per heavy atom. The Morgan fingerprint density at radius 1 is 0.686 bits per heavy atom. The quantitative estimate of drug-likeness (QED) is 0.367. The zero-order valence-electron chi connectivity index (χ0n) is 22.4. The number of methoxy groups -OCH3 is 5. The summed E-state index contributed by atoms with van der Waals surface area (Å²) in [7, 11) is 7.93. The molecule has 0 bridgehead atoms. The van der Waals surface area contributed by atoms with Gasteiger partial charge in [-0.05, 0) is 49.8 Å². The van der Waals surface area contributed by atoms with Crippen molar-refractivity contribution in [3.05, 3.63) is 46.5 Å². The molecule has 8 nitrogen and oxygen atoms in total. The summed E-state index contributed by atoms with van der Waals surface area (Å²) in [5.41, 5.74) is 3.44. The second kappa shape index (κ2) is 13.8. The third kappa shape index (κ3) is 7.26. The molecule has 0 saturated heterocycles. The number of aryl methyl sites for hydroxylation is 1. The third-order valence-electron chi connectivity index (χ3n) is 6.17. The van der Waals surface area contributed by atoms with Gasteiger partial charge in [0, 0.05) is 26.2 Å². The molecule has 8 heteroatoms. The Morgan fingerprint density at radius 3 is 1.37 bits per heavy atom. The zero-order valence-corrected chi connectivity index (χ0v) is 22.4. The predicted molar refractivity (Wildman–Crippen MR) is 137 cm³/mol. The summed E-state index contributed by atoms with van der Waals surface area (Å²) >= 11 is 0. The van der Waals surface area contributed by atoms with Crippen LogP contribution in [0.3, 0.4) is 0 Å². The van der Waals surface area contributed by atoms with Gasteiger partial charge in [-0.3, -0.25) is 9.80 Å². The van der Waals surface area contributed by atoms with E-state index in [1.807, 2.05) is 19.1 Å². The number of ether oxygens (including phenoxy) is 5. The summed E-state index contributed by atoms with van der Waals surface area (Å²) in [6, 6.07) is 7.48. The fourth-order valence-electron chi connectivity index (χ4n) is 4.07. The first-order valence-corrected chi connectivity index (χ1v) is 11.8. The van der Waals surface area contributed by atoms with E-state index in [1.54, 1.807) is 40.6 Å². The highest BCUT2D eigenvalue weighted by molar-refractivity contribution is 5.90. The summed E-state index contributed by atoms with van der Waals surface area (Å²) in [4.78, 5) is 16.7. The minimum atomic E-state index is -0.430. The Labute approximate surface area is 209 Å². The molecule has 0 N–H and O–H groups in total. The monoisotopic (exact) mass is 488 g/mol. The highest BCUT2D eigenvalue weighted by Crippen LogP contribution is 2.33. The van der Waals surface area contributed by atoms with Crippen molar-refractivity contribution >= 4 is 5.97 Å². The average Bonchev–Trinajstić information content (AvgIpc) is 2.89. The molecule has 0 spiro atoms. The molecule has 35 heavy (non-hydrogen) atoms. The van der Waals surface area contributed by atoms with Gasteiger partial charge in [-0.2, -0.15) is 0 Å². The first kappa shape index (κ1) is 28.3. The van der Waals surface area contributed by atoms with Crippen molar-refractivity contribution in [2.24, 2.45) is 0 Å². The lowest BCUT2D eigenvalue weighted by Crippen LogP contribution is -2.35. The number of hydrogen-bond donors (Lipinski definition) is 0. The predicted octanol–water partition coefficient (Wildman–Crippen LogP) is 4.16. The topological polar surface area (TPSA) is 69.7 Å². The largest absolute Gasteiger partial charge is 0.496 e. The van der Waals surface area contributed by atoms with Crippen LogP contribution >= 0.6 is 0 Å². The van der Waals surface area contributed by atoms with Crippen LogP contribution in [0.5, 0.6) is 23.0 Å². The third-order valence-corrected chi connectivity index (χ3v) is 6.17. The highest BCUT2D eigenvalue weighted by atomic mass is 16.5. The van der Waals surface area contributed by atoms with Crippen LogP contribution in [0.1, 0.15) is 40.9 Å². The van der Waals surface area contributed by atoms with Gasteiger partial charge in [-0.25, -0.2) is 4.79 Å². The molecular weight excluding hydrogens is 448 g/mol. The van der Waals surface area contributed by atoms with Gasteiger partial charge in [-0.1, -0.05) is 13.8 Å². The van der Waals surface area contributed by atoms with E-state index >= 15 is 0 Å². The number of rotatable bonds is 14. The van der Waals surface area contributed by atoms with E-state index in [9.17, 15) is 4.79 Å². The number of nitrogens with zero attached hydrogens (tertiary/aromatic N) is 2. The van der Waals surface area contributed by atoms with Gasteiger partial charge in [0.25, 0.3) is 0 Å². The molecule has 0 aliphatic heterocycles. The highest BCUT2D eigenvalue weighted by Gasteiger charge is 2.20. The lowest BCUT2D eigenvalue weighted by atomic mass is 10.1. The van der Waals surface area contributed by atoms with Crippen LogP contribution in [0.25, 0.3) is 0 Å². The molecule has 0 aromatic heterocycles. The Kier molecular flexibility index (Phi) is 11.1. The molecule has 0 aliphatic rings. The van der Waals surface area contributed by atoms with Gasteiger partial charge in [0.05, 0.1) is 52.2 Å². The lowest BCUT2D eigenvalue weighted by molar-refractivity contribution is 0.0600. The molecule has 0 saturated carbocycles. The fourth-order valence-corrected chi connectivity index (χ4v) is 4.07. The van der Waals surface area contributed by atoms with Crippen LogP contribution in [-0.2, 0) is 17.8 Å². The van der Waals surface area contributed by atoms with Crippen molar-refractivity contribution in [1.29, 1.82) is 0 Å². The second-order valence-electron chi connectivity index (χ2n) is 8.24. The zero-order chi connectivity index (χ0) is 26.0. The maximum absolute atomic E-state index is 12.0. The van der Waals surface area contributed by atoms with E-state index in [4.69, 9.17) is 23.7 Å². The van der Waals surface area contributed by atoms with Crippen molar-refractivity contribution in [2.75, 3.05) is 61.7 Å². The average molecular weight is 489 g/mol. The van der Waals surface area contributed by atoms with E-state index in [0.717, 1.165) is 60.9 Å². The lowest BCUT2D eigenvalue weighted by Gasteiger charge is -2.28. The van der Waals surface area contributed by atoms with Crippen molar-refractivity contribution in [1.82, 2.24) is 9.80 Å². The molecule has 2 aromatic rings. The van der Waals surface area contributed by atoms with Gasteiger partial charge < -0.3 is 23.7 Å². The minimum Gasteiger partial charge on any atom is -0.496 e. The van der Waals surface area contributed by atoms with Gasteiger partial charge >= 0.3 is 5.97 Å². The number of benzene rings is 2. The standard InChI is InChI=1S/C27H40N2O6/c1-9-28(17-21-23(31-4)13-19(3)14-24(21)32-5)11-12-29(10-2)18-22-25(33-6)15-20(27(30)35-8)16-26(22)34-7/h13-16H,9-12,17-18H2,1-8H3. The molecule has 2 aromatic carbocycles. The molecule has 0 unspecified atom stereocenters. The number of likely N-dealkylation sites (N-methyl/N-ethyl adjacent to an activating group) is 2. The number of carbonyl (C=O) groups excluding carboxylic acids is 1. The van der Waals surface area contributed by atoms with Crippen LogP contribution in [0.15, 0.2) is 24.3 Å².